The number of benzene rings is 3. The van der Waals surface area contributed by atoms with Crippen LogP contribution in [0, 0.1) is 5.82 Å². The zero-order valence-electron chi connectivity index (χ0n) is 18.9. The lowest BCUT2D eigenvalue weighted by Crippen LogP contribution is -2.35. The van der Waals surface area contributed by atoms with Crippen LogP contribution in [0.5, 0.6) is 5.75 Å². The summed E-state index contributed by atoms with van der Waals surface area (Å²) in [7, 11) is 6.57. The first kappa shape index (κ1) is 20.7. The Bertz CT molecular complexity index is 1290. The largest absolute Gasteiger partial charge is 0.493 e. The van der Waals surface area contributed by atoms with Crippen molar-refractivity contribution < 1.29 is 13.6 Å². The Balaban J connectivity index is 1.49. The van der Waals surface area contributed by atoms with Crippen LogP contribution >= 0.6 is 0 Å². The molecule has 1 aliphatic rings. The van der Waals surface area contributed by atoms with Crippen molar-refractivity contribution in [1.29, 1.82) is 0 Å². The Morgan fingerprint density at radius 3 is 2.53 bits per heavy atom. The molecule has 5 rings (SSSR count). The van der Waals surface area contributed by atoms with Gasteiger partial charge in [-0.2, -0.15) is 0 Å². The second-order valence-electron chi connectivity index (χ2n) is 9.55. The molecule has 0 bridgehead atoms. The summed E-state index contributed by atoms with van der Waals surface area (Å²) in [5.41, 5.74) is 7.56. The summed E-state index contributed by atoms with van der Waals surface area (Å²) in [5.74, 6) is 0.642. The zero-order valence-corrected chi connectivity index (χ0v) is 18.9. The van der Waals surface area contributed by atoms with E-state index in [1.165, 1.54) is 22.8 Å². The molecular weight excluding hydrogens is 399 g/mol. The minimum absolute atomic E-state index is 0.231. The lowest BCUT2D eigenvalue weighted by atomic mass is 9.96. The van der Waals surface area contributed by atoms with Gasteiger partial charge in [-0.25, -0.2) is 9.37 Å². The van der Waals surface area contributed by atoms with Crippen molar-refractivity contribution in [3.63, 3.8) is 0 Å². The quantitative estimate of drug-likeness (QED) is 0.242. The summed E-state index contributed by atoms with van der Waals surface area (Å²) < 4.78 is 21.0. The molecule has 1 aromatic heterocycles. The van der Waals surface area contributed by atoms with Crippen LogP contribution in [0.1, 0.15) is 17.5 Å². The highest BCUT2D eigenvalue weighted by atomic mass is 19.1. The number of rotatable bonds is 6. The van der Waals surface area contributed by atoms with Crippen LogP contribution < -0.4 is 4.74 Å². The Labute approximate surface area is 188 Å². The molecule has 4 aromatic rings. The molecule has 0 spiro atoms. The first-order valence-electron chi connectivity index (χ1n) is 11.1. The van der Waals surface area contributed by atoms with Crippen molar-refractivity contribution >= 4 is 10.9 Å². The standard InChI is InChI=1S/C28H28FN2O/c1-31(2,3)15-6-16-32-22-12-9-19(10-13-22)28-25-17-20-7-4-5-8-23(20)27(25)24-18-21(29)11-14-26(24)30-28/h4-5,7-14,18H,6,15-17H2,1-3H3/q+1. The van der Waals surface area contributed by atoms with E-state index in [1.54, 1.807) is 12.1 Å². The van der Waals surface area contributed by atoms with Crippen molar-refractivity contribution in [3.8, 4) is 28.1 Å². The molecule has 0 fully saturated rings. The maximum Gasteiger partial charge on any atom is 0.123 e. The Morgan fingerprint density at radius 2 is 1.75 bits per heavy atom. The maximum absolute atomic E-state index is 14.1. The van der Waals surface area contributed by atoms with Crippen LogP contribution in [0.25, 0.3) is 33.3 Å². The number of ether oxygens (including phenoxy) is 1. The summed E-state index contributed by atoms with van der Waals surface area (Å²) in [6.45, 7) is 1.78. The number of nitrogens with zero attached hydrogens (tertiary/aromatic N) is 2. The highest BCUT2D eigenvalue weighted by Gasteiger charge is 2.25. The van der Waals surface area contributed by atoms with Gasteiger partial charge in [-0.3, -0.25) is 0 Å². The van der Waals surface area contributed by atoms with E-state index < -0.39 is 0 Å². The van der Waals surface area contributed by atoms with E-state index in [2.05, 4.69) is 51.5 Å². The molecule has 4 heteroatoms. The third-order valence-electron chi connectivity index (χ3n) is 6.07. The molecule has 0 aliphatic heterocycles. The summed E-state index contributed by atoms with van der Waals surface area (Å²) in [4.78, 5) is 4.96. The Hall–Kier alpha value is -3.24. The van der Waals surface area contributed by atoms with Crippen LogP contribution in [0.2, 0.25) is 0 Å². The highest BCUT2D eigenvalue weighted by Crippen LogP contribution is 2.44. The topological polar surface area (TPSA) is 22.1 Å². The van der Waals surface area contributed by atoms with Gasteiger partial charge in [0.2, 0.25) is 0 Å². The first-order valence-corrected chi connectivity index (χ1v) is 11.1. The molecular formula is C28H28FN2O+. The molecule has 1 heterocycles. The molecule has 3 aromatic carbocycles. The predicted molar refractivity (Wildman–Crippen MR) is 128 cm³/mol. The number of aromatic nitrogens is 1. The molecule has 0 N–H and O–H groups in total. The van der Waals surface area contributed by atoms with Crippen molar-refractivity contribution in [2.45, 2.75) is 12.8 Å². The van der Waals surface area contributed by atoms with Gasteiger partial charge in [0.1, 0.15) is 11.6 Å². The van der Waals surface area contributed by atoms with Crippen LogP contribution in [-0.4, -0.2) is 43.8 Å². The third kappa shape index (κ3) is 3.98. The number of hydrogen-bond acceptors (Lipinski definition) is 2. The molecule has 3 nitrogen and oxygen atoms in total. The number of hydrogen-bond donors (Lipinski definition) is 0. The van der Waals surface area contributed by atoms with Gasteiger partial charge in [0.05, 0.1) is 45.5 Å². The fourth-order valence-electron chi connectivity index (χ4n) is 4.54. The van der Waals surface area contributed by atoms with E-state index >= 15 is 0 Å². The van der Waals surface area contributed by atoms with Crippen molar-refractivity contribution in [1.82, 2.24) is 4.98 Å². The van der Waals surface area contributed by atoms with Gasteiger partial charge in [0.15, 0.2) is 0 Å². The molecule has 0 atom stereocenters. The monoisotopic (exact) mass is 427 g/mol. The van der Waals surface area contributed by atoms with E-state index in [4.69, 9.17) is 9.72 Å². The SMILES string of the molecule is C[N+](C)(C)CCCOc1ccc(-c2nc3ccc(F)cc3c3c2Cc2ccccc2-3)cc1. The molecule has 1 aliphatic carbocycles. The van der Waals surface area contributed by atoms with Crippen LogP contribution in [0.4, 0.5) is 4.39 Å². The summed E-state index contributed by atoms with van der Waals surface area (Å²) in [5, 5.41) is 0.880. The zero-order chi connectivity index (χ0) is 22.3. The maximum atomic E-state index is 14.1. The lowest BCUT2D eigenvalue weighted by molar-refractivity contribution is -0.870. The first-order chi connectivity index (χ1) is 15.4. The van der Waals surface area contributed by atoms with Gasteiger partial charge in [0, 0.05) is 23.8 Å². The Kier molecular flexibility index (Phi) is 5.18. The summed E-state index contributed by atoms with van der Waals surface area (Å²) in [6.07, 6.45) is 1.82. The molecule has 162 valence electrons. The molecule has 0 radical (unpaired) electrons. The van der Waals surface area contributed by atoms with Crippen molar-refractivity contribution in [2.24, 2.45) is 0 Å². The smallest absolute Gasteiger partial charge is 0.123 e. The molecule has 0 amide bonds. The number of halogens is 1. The van der Waals surface area contributed by atoms with Gasteiger partial charge in [0.25, 0.3) is 0 Å². The number of pyridine rings is 1. The molecule has 0 saturated carbocycles. The van der Waals surface area contributed by atoms with Crippen molar-refractivity contribution in [3.05, 3.63) is 83.7 Å². The average molecular weight is 428 g/mol. The summed E-state index contributed by atoms with van der Waals surface area (Å²) in [6, 6.07) is 21.5. The van der Waals surface area contributed by atoms with E-state index in [9.17, 15) is 4.39 Å². The predicted octanol–water partition coefficient (Wildman–Crippen LogP) is 6.09. The normalized spacial score (nSPS) is 12.6. The number of quaternary nitrogens is 1. The van der Waals surface area contributed by atoms with Crippen molar-refractivity contribution in [2.75, 3.05) is 34.3 Å². The molecule has 0 saturated heterocycles. The second-order valence-corrected chi connectivity index (χ2v) is 9.55. The van der Waals surface area contributed by atoms with Gasteiger partial charge in [-0.1, -0.05) is 24.3 Å². The van der Waals surface area contributed by atoms with Gasteiger partial charge >= 0.3 is 0 Å². The molecule has 32 heavy (non-hydrogen) atoms. The van der Waals surface area contributed by atoms with Gasteiger partial charge in [-0.05, 0) is 64.7 Å². The number of fused-ring (bicyclic) bond motifs is 5. The van der Waals surface area contributed by atoms with Crippen LogP contribution in [0.3, 0.4) is 0 Å². The lowest BCUT2D eigenvalue weighted by Gasteiger charge is -2.23. The Morgan fingerprint density at radius 1 is 0.969 bits per heavy atom. The fraction of sp³-hybridized carbons (Fsp3) is 0.250. The molecule has 0 unspecified atom stereocenters. The van der Waals surface area contributed by atoms with E-state index in [1.807, 2.05) is 18.2 Å². The van der Waals surface area contributed by atoms with E-state index in [0.29, 0.717) is 6.61 Å². The van der Waals surface area contributed by atoms with Gasteiger partial charge in [-0.15, -0.1) is 0 Å². The van der Waals surface area contributed by atoms with E-state index in [0.717, 1.165) is 57.3 Å². The van der Waals surface area contributed by atoms with Crippen LogP contribution in [0.15, 0.2) is 66.7 Å². The van der Waals surface area contributed by atoms with E-state index in [-0.39, 0.29) is 5.82 Å². The minimum Gasteiger partial charge on any atom is -0.493 e. The highest BCUT2D eigenvalue weighted by molar-refractivity contribution is 6.02. The third-order valence-corrected chi connectivity index (χ3v) is 6.07. The van der Waals surface area contributed by atoms with Crippen LogP contribution in [-0.2, 0) is 6.42 Å². The van der Waals surface area contributed by atoms with Gasteiger partial charge < -0.3 is 9.22 Å². The second kappa shape index (κ2) is 8.03. The fourth-order valence-corrected chi connectivity index (χ4v) is 4.54. The summed E-state index contributed by atoms with van der Waals surface area (Å²) >= 11 is 0. The minimum atomic E-state index is -0.231. The average Bonchev–Trinajstić information content (AvgIpc) is 3.16.